The molecule has 11 heteroatoms. The number of carbonyl (C=O) groups excluding carboxylic acids is 6. The predicted octanol–water partition coefficient (Wildman–Crippen LogP) is 6.33. The minimum atomic E-state index is -2.01. The first kappa shape index (κ1) is 37.4. The molecule has 0 aliphatic carbocycles. The number of esters is 5. The van der Waals surface area contributed by atoms with Gasteiger partial charge < -0.3 is 23.7 Å². The number of rotatable bonds is 15. The van der Waals surface area contributed by atoms with E-state index >= 15 is 0 Å². The summed E-state index contributed by atoms with van der Waals surface area (Å²) >= 11 is 0. The molecule has 4 atom stereocenters. The van der Waals surface area contributed by atoms with Gasteiger partial charge in [0.05, 0.1) is 22.3 Å². The molecule has 0 aliphatic heterocycles. The van der Waals surface area contributed by atoms with Gasteiger partial charge in [0.1, 0.15) is 6.61 Å². The van der Waals surface area contributed by atoms with E-state index in [0.717, 1.165) is 6.92 Å². The molecule has 0 aliphatic rings. The second-order valence-electron chi connectivity index (χ2n) is 11.5. The van der Waals surface area contributed by atoms with Crippen molar-refractivity contribution in [2.75, 3.05) is 6.61 Å². The summed E-state index contributed by atoms with van der Waals surface area (Å²) < 4.78 is 28.9. The first-order valence-electron chi connectivity index (χ1n) is 16.5. The van der Waals surface area contributed by atoms with Crippen molar-refractivity contribution in [3.8, 4) is 0 Å². The maximum absolute atomic E-state index is 14.4. The highest BCUT2D eigenvalue weighted by Crippen LogP contribution is 2.26. The zero-order chi connectivity index (χ0) is 37.6. The van der Waals surface area contributed by atoms with E-state index in [4.69, 9.17) is 23.7 Å². The number of Topliss-reactive ketones (excluding diaryl/α,β-unsaturated/α-hetero) is 1. The van der Waals surface area contributed by atoms with Crippen molar-refractivity contribution in [2.45, 2.75) is 31.3 Å². The Hall–Kier alpha value is -6.88. The van der Waals surface area contributed by atoms with Gasteiger partial charge in [-0.15, -0.1) is 0 Å². The Labute approximate surface area is 305 Å². The molecule has 0 saturated heterocycles. The summed E-state index contributed by atoms with van der Waals surface area (Å²) in [7, 11) is 0. The molecule has 0 amide bonds. The Morgan fingerprint density at radius 3 is 1.15 bits per heavy atom. The SMILES string of the molecule is CC(=O)O[C@H](COC(=O)c1ccccc1)[C@@H](OC(=O)c1ccccc1)[C@H](OC(=O)c1ccccc1)[C@@H](OC(=O)c1ccccc1)C(=O)c1ccccc1. The second-order valence-corrected chi connectivity index (χ2v) is 11.5. The van der Waals surface area contributed by atoms with E-state index in [0.29, 0.717) is 0 Å². The Morgan fingerprint density at radius 1 is 0.415 bits per heavy atom. The van der Waals surface area contributed by atoms with Crippen LogP contribution in [0.4, 0.5) is 0 Å². The summed E-state index contributed by atoms with van der Waals surface area (Å²) in [4.78, 5) is 81.4. The number of ketones is 1. The molecule has 0 heterocycles. The average Bonchev–Trinajstić information content (AvgIpc) is 3.20. The van der Waals surface area contributed by atoms with Crippen molar-refractivity contribution in [3.05, 3.63) is 179 Å². The Bertz CT molecular complexity index is 2000. The van der Waals surface area contributed by atoms with Gasteiger partial charge in [-0.3, -0.25) is 9.59 Å². The van der Waals surface area contributed by atoms with Crippen molar-refractivity contribution >= 4 is 35.6 Å². The van der Waals surface area contributed by atoms with Crippen LogP contribution in [0.15, 0.2) is 152 Å². The third-order valence-corrected chi connectivity index (χ3v) is 7.76. The maximum Gasteiger partial charge on any atom is 0.338 e. The third kappa shape index (κ3) is 10.3. The van der Waals surface area contributed by atoms with Crippen LogP contribution in [-0.2, 0) is 28.5 Å². The molecule has 0 spiro atoms. The van der Waals surface area contributed by atoms with Gasteiger partial charge >= 0.3 is 29.8 Å². The number of hydrogen-bond donors (Lipinski definition) is 0. The average molecular weight is 715 g/mol. The lowest BCUT2D eigenvalue weighted by Crippen LogP contribution is -2.55. The third-order valence-electron chi connectivity index (χ3n) is 7.76. The summed E-state index contributed by atoms with van der Waals surface area (Å²) in [6, 6.07) is 38.8. The summed E-state index contributed by atoms with van der Waals surface area (Å²) in [6.45, 7) is 0.327. The molecule has 0 N–H and O–H groups in total. The molecule has 0 saturated carbocycles. The minimum Gasteiger partial charge on any atom is -0.458 e. The van der Waals surface area contributed by atoms with E-state index in [1.165, 1.54) is 60.7 Å². The van der Waals surface area contributed by atoms with Gasteiger partial charge in [-0.05, 0) is 48.5 Å². The van der Waals surface area contributed by atoms with E-state index in [9.17, 15) is 28.8 Å². The molecule has 5 rings (SSSR count). The van der Waals surface area contributed by atoms with Gasteiger partial charge in [0.15, 0.2) is 18.3 Å². The topological polar surface area (TPSA) is 149 Å². The molecule has 0 unspecified atom stereocenters. The van der Waals surface area contributed by atoms with Crippen LogP contribution in [0.3, 0.4) is 0 Å². The van der Waals surface area contributed by atoms with Crippen LogP contribution in [0, 0.1) is 0 Å². The monoisotopic (exact) mass is 714 g/mol. The molecule has 5 aromatic carbocycles. The van der Waals surface area contributed by atoms with Gasteiger partial charge in [0, 0.05) is 12.5 Å². The van der Waals surface area contributed by atoms with E-state index in [1.54, 1.807) is 91.0 Å². The lowest BCUT2D eigenvalue weighted by Gasteiger charge is -2.35. The quantitative estimate of drug-likeness (QED) is 0.0680. The summed E-state index contributed by atoms with van der Waals surface area (Å²) in [6.07, 6.45) is -7.61. The fourth-order valence-corrected chi connectivity index (χ4v) is 5.21. The van der Waals surface area contributed by atoms with Crippen LogP contribution in [0.1, 0.15) is 58.7 Å². The first-order chi connectivity index (χ1) is 25.7. The lowest BCUT2D eigenvalue weighted by atomic mass is 9.95. The van der Waals surface area contributed by atoms with E-state index in [-0.39, 0.29) is 27.8 Å². The normalized spacial score (nSPS) is 12.8. The Kier molecular flexibility index (Phi) is 13.0. The lowest BCUT2D eigenvalue weighted by molar-refractivity contribution is -0.167. The standard InChI is InChI=1S/C42H34O11/c1-28(43)50-34(27-49-39(45)30-19-9-3-10-20-30)36(51-40(46)31-21-11-4-12-22-31)38(53-42(48)33-25-15-6-16-26-33)37(35(44)29-17-7-2-8-18-29)52-41(47)32-23-13-5-14-24-32/h2-26,34,36-38H,27H2,1H3/t34-,36-,37+,38+/m1/s1. The molecule has 5 aromatic rings. The van der Waals surface area contributed by atoms with Crippen LogP contribution < -0.4 is 0 Å². The molecule has 11 nitrogen and oxygen atoms in total. The molecule has 0 fully saturated rings. The zero-order valence-electron chi connectivity index (χ0n) is 28.4. The predicted molar refractivity (Wildman–Crippen MR) is 190 cm³/mol. The maximum atomic E-state index is 14.4. The van der Waals surface area contributed by atoms with Crippen LogP contribution >= 0.6 is 0 Å². The molecule has 0 aromatic heterocycles. The van der Waals surface area contributed by atoms with E-state index < -0.39 is 66.7 Å². The zero-order valence-corrected chi connectivity index (χ0v) is 28.4. The summed E-state index contributed by atoms with van der Waals surface area (Å²) in [5.74, 6) is -5.52. The second kappa shape index (κ2) is 18.4. The van der Waals surface area contributed by atoms with Gasteiger partial charge in [-0.25, -0.2) is 19.2 Å². The van der Waals surface area contributed by atoms with Crippen molar-refractivity contribution in [2.24, 2.45) is 0 Å². The van der Waals surface area contributed by atoms with Gasteiger partial charge in [0.2, 0.25) is 11.9 Å². The van der Waals surface area contributed by atoms with Crippen molar-refractivity contribution in [1.82, 2.24) is 0 Å². The van der Waals surface area contributed by atoms with Gasteiger partial charge in [-0.2, -0.15) is 0 Å². The number of ether oxygens (including phenoxy) is 5. The van der Waals surface area contributed by atoms with Crippen LogP contribution in [0.2, 0.25) is 0 Å². The highest BCUT2D eigenvalue weighted by Gasteiger charge is 2.48. The van der Waals surface area contributed by atoms with Crippen molar-refractivity contribution in [3.63, 3.8) is 0 Å². The molecule has 53 heavy (non-hydrogen) atoms. The van der Waals surface area contributed by atoms with Crippen molar-refractivity contribution in [1.29, 1.82) is 0 Å². The van der Waals surface area contributed by atoms with E-state index in [1.807, 2.05) is 0 Å². The van der Waals surface area contributed by atoms with Crippen LogP contribution in [0.5, 0.6) is 0 Å². The Balaban J connectivity index is 1.66. The molecule has 0 bridgehead atoms. The summed E-state index contributed by atoms with van der Waals surface area (Å²) in [5, 5.41) is 0. The van der Waals surface area contributed by atoms with Gasteiger partial charge in [-0.1, -0.05) is 103 Å². The fourth-order valence-electron chi connectivity index (χ4n) is 5.21. The number of hydrogen-bond acceptors (Lipinski definition) is 11. The largest absolute Gasteiger partial charge is 0.458 e. The molecular weight excluding hydrogens is 680 g/mol. The van der Waals surface area contributed by atoms with Crippen LogP contribution in [0.25, 0.3) is 0 Å². The fraction of sp³-hybridized carbons (Fsp3) is 0.143. The first-order valence-corrected chi connectivity index (χ1v) is 16.5. The van der Waals surface area contributed by atoms with Gasteiger partial charge in [0.25, 0.3) is 0 Å². The molecule has 0 radical (unpaired) electrons. The van der Waals surface area contributed by atoms with Crippen LogP contribution in [-0.4, -0.2) is 66.7 Å². The van der Waals surface area contributed by atoms with E-state index in [2.05, 4.69) is 0 Å². The Morgan fingerprint density at radius 2 is 0.755 bits per heavy atom. The number of carbonyl (C=O) groups is 6. The molecule has 268 valence electrons. The highest BCUT2D eigenvalue weighted by molar-refractivity contribution is 6.02. The number of benzene rings is 5. The summed E-state index contributed by atoms with van der Waals surface area (Å²) in [5.41, 5.74) is 0.337. The minimum absolute atomic E-state index is 0.0328. The smallest absolute Gasteiger partial charge is 0.338 e. The molecular formula is C42H34O11. The van der Waals surface area contributed by atoms with Crippen molar-refractivity contribution < 1.29 is 52.5 Å². The highest BCUT2D eigenvalue weighted by atomic mass is 16.6.